The third-order valence-corrected chi connectivity index (χ3v) is 14.7. The Labute approximate surface area is 376 Å². The topological polar surface area (TPSA) is 43.2 Å². The number of aromatic nitrogens is 1. The minimum Gasteiger partial charge on any atom is -0.464 e. The molecular weight excluding hydrogens is 800 g/mol. The summed E-state index contributed by atoms with van der Waals surface area (Å²) < 4.78 is 18.7. The van der Waals surface area contributed by atoms with Crippen molar-refractivity contribution in [2.45, 2.75) is 52.4 Å². The van der Waals surface area contributed by atoms with Gasteiger partial charge in [-0.25, -0.2) is 0 Å². The molecule has 5 heterocycles. The summed E-state index contributed by atoms with van der Waals surface area (Å²) in [7, 11) is 2.42. The van der Waals surface area contributed by atoms with Crippen LogP contribution in [0.1, 0.15) is 52.7 Å². The molecule has 64 heavy (non-hydrogen) atoms. The standard InChI is InChI=1S/C58H44BN2O2S/c1-57(2,3)33-20-23-35(24-21-33)60-44-30-50-39(36-16-11-13-19-49(36)64-50)27-40(44)51-52-37-17-10-12-18-47(37)63-56(52)53-41-26-34(58(4,5)6)22-25-45(41)61-46-28-38-42(32-14-8-7-9-15-32)31-62-48(38)29-43(46)59-54(51)55(53)61/h7-31,60H,1-6H3. The van der Waals surface area contributed by atoms with Crippen molar-refractivity contribution in [3.05, 3.63) is 163 Å². The van der Waals surface area contributed by atoms with Crippen molar-refractivity contribution in [1.82, 2.24) is 4.57 Å². The molecule has 0 atom stereocenters. The van der Waals surface area contributed by atoms with Crippen LogP contribution in [-0.4, -0.2) is 11.8 Å². The summed E-state index contributed by atoms with van der Waals surface area (Å²) in [6.07, 6.45) is 1.91. The zero-order valence-corrected chi connectivity index (χ0v) is 37.5. The van der Waals surface area contributed by atoms with Crippen LogP contribution in [0.3, 0.4) is 0 Å². The van der Waals surface area contributed by atoms with Gasteiger partial charge in [0.15, 0.2) is 7.28 Å². The first-order chi connectivity index (χ1) is 31.0. The van der Waals surface area contributed by atoms with Gasteiger partial charge in [-0.15, -0.1) is 11.3 Å². The number of fused-ring (bicyclic) bond motifs is 13. The van der Waals surface area contributed by atoms with E-state index in [2.05, 4.69) is 204 Å². The van der Waals surface area contributed by atoms with Crippen LogP contribution in [0.25, 0.3) is 103 Å². The lowest BCUT2D eigenvalue weighted by atomic mass is 9.58. The Morgan fingerprint density at radius 3 is 2.11 bits per heavy atom. The second-order valence-electron chi connectivity index (χ2n) is 19.6. The molecule has 4 nitrogen and oxygen atoms in total. The fourth-order valence-corrected chi connectivity index (χ4v) is 11.4. The summed E-state index contributed by atoms with van der Waals surface area (Å²) in [5, 5.41) is 12.1. The fourth-order valence-electron chi connectivity index (χ4n) is 10.3. The third-order valence-electron chi connectivity index (χ3n) is 13.6. The van der Waals surface area contributed by atoms with E-state index in [0.29, 0.717) is 0 Å². The normalized spacial score (nSPS) is 13.0. The minimum absolute atomic E-state index is 0.0499. The number of hydrogen-bond acceptors (Lipinski definition) is 4. The number of benzene rings is 8. The number of thiophene rings is 1. The van der Waals surface area contributed by atoms with Gasteiger partial charge in [0.05, 0.1) is 22.7 Å². The van der Waals surface area contributed by atoms with Crippen molar-refractivity contribution in [3.8, 4) is 27.9 Å². The SMILES string of the molecule is CC(C)(C)c1ccc(Nc2cc3sc4ccccc4c3cc2-c2c3c4c(c5cc(C(C)(C)C)ccc5n4-c4cc5c(-c6ccccc6)coc5cc4[B]3)c3oc4ccccc4c23)cc1. The highest BCUT2D eigenvalue weighted by Gasteiger charge is 2.33. The molecule has 0 unspecified atom stereocenters. The van der Waals surface area contributed by atoms with Crippen LogP contribution in [-0.2, 0) is 10.8 Å². The largest absolute Gasteiger partial charge is 0.464 e. The van der Waals surface area contributed by atoms with Gasteiger partial charge in [0.1, 0.15) is 16.7 Å². The Morgan fingerprint density at radius 2 is 1.31 bits per heavy atom. The van der Waals surface area contributed by atoms with Gasteiger partial charge in [0, 0.05) is 69.9 Å². The molecule has 1 aliphatic rings. The maximum Gasteiger partial charge on any atom is 0.198 e. The zero-order chi connectivity index (χ0) is 43.2. The van der Waals surface area contributed by atoms with Gasteiger partial charge in [-0.05, 0) is 99.2 Å². The monoisotopic (exact) mass is 843 g/mol. The first kappa shape index (κ1) is 37.5. The summed E-state index contributed by atoms with van der Waals surface area (Å²) in [5.74, 6) is 0. The molecule has 0 fully saturated rings. The lowest BCUT2D eigenvalue weighted by molar-refractivity contribution is 0.590. The summed E-state index contributed by atoms with van der Waals surface area (Å²) in [4.78, 5) is 0. The van der Waals surface area contributed by atoms with E-state index in [9.17, 15) is 0 Å². The predicted octanol–water partition coefficient (Wildman–Crippen LogP) is 15.4. The number of nitrogens with zero attached hydrogens (tertiary/aromatic N) is 1. The molecule has 4 aromatic heterocycles. The quantitative estimate of drug-likeness (QED) is 0.180. The first-order valence-corrected chi connectivity index (χ1v) is 23.0. The molecule has 1 radical (unpaired) electrons. The van der Waals surface area contributed by atoms with Crippen LogP contribution < -0.4 is 16.2 Å². The summed E-state index contributed by atoms with van der Waals surface area (Å²) in [6.45, 7) is 13.7. The average Bonchev–Trinajstić information content (AvgIpc) is 4.06. The van der Waals surface area contributed by atoms with E-state index >= 15 is 0 Å². The molecule has 13 rings (SSSR count). The first-order valence-electron chi connectivity index (χ1n) is 22.2. The summed E-state index contributed by atoms with van der Waals surface area (Å²) >= 11 is 1.85. The number of hydrogen-bond donors (Lipinski definition) is 1. The van der Waals surface area contributed by atoms with Gasteiger partial charge in [0.2, 0.25) is 0 Å². The Kier molecular flexibility index (Phi) is 7.78. The van der Waals surface area contributed by atoms with E-state index in [1.807, 2.05) is 17.6 Å². The van der Waals surface area contributed by atoms with Crippen molar-refractivity contribution in [2.75, 3.05) is 5.32 Å². The lowest BCUT2D eigenvalue weighted by Crippen LogP contribution is -2.37. The molecule has 1 aliphatic heterocycles. The summed E-state index contributed by atoms with van der Waals surface area (Å²) in [6, 6.07) is 53.3. The van der Waals surface area contributed by atoms with Gasteiger partial charge >= 0.3 is 0 Å². The second kappa shape index (κ2) is 13.3. The highest BCUT2D eigenvalue weighted by atomic mass is 32.1. The van der Waals surface area contributed by atoms with Crippen molar-refractivity contribution in [3.63, 3.8) is 0 Å². The van der Waals surface area contributed by atoms with Crippen LogP contribution in [0.4, 0.5) is 11.4 Å². The van der Waals surface area contributed by atoms with Crippen molar-refractivity contribution < 1.29 is 8.83 Å². The maximum atomic E-state index is 7.21. The number of anilines is 2. The van der Waals surface area contributed by atoms with Crippen molar-refractivity contribution in [1.29, 1.82) is 0 Å². The molecular formula is C58H44BN2O2S. The molecule has 6 heteroatoms. The number of para-hydroxylation sites is 1. The maximum absolute atomic E-state index is 7.21. The highest BCUT2D eigenvalue weighted by Crippen LogP contribution is 2.49. The highest BCUT2D eigenvalue weighted by molar-refractivity contribution is 7.25. The molecule has 1 N–H and O–H groups in total. The van der Waals surface area contributed by atoms with Crippen molar-refractivity contribution >= 4 is 116 Å². The van der Waals surface area contributed by atoms with E-state index < -0.39 is 0 Å². The van der Waals surface area contributed by atoms with Crippen LogP contribution >= 0.6 is 11.3 Å². The van der Waals surface area contributed by atoms with Gasteiger partial charge in [0.25, 0.3) is 0 Å². The third kappa shape index (κ3) is 5.48. The van der Waals surface area contributed by atoms with Crippen LogP contribution in [0.2, 0.25) is 0 Å². The number of furan rings is 2. The van der Waals surface area contributed by atoms with Gasteiger partial charge in [-0.3, -0.25) is 0 Å². The lowest BCUT2D eigenvalue weighted by Gasteiger charge is -2.25. The minimum atomic E-state index is -0.0551. The van der Waals surface area contributed by atoms with Gasteiger partial charge in [-0.2, -0.15) is 0 Å². The Morgan fingerprint density at radius 1 is 0.578 bits per heavy atom. The second-order valence-corrected chi connectivity index (χ2v) is 20.7. The van der Waals surface area contributed by atoms with Gasteiger partial charge in [-0.1, -0.05) is 132 Å². The molecule has 12 aromatic rings. The Bertz CT molecular complexity index is 3910. The number of nitrogens with one attached hydrogen (secondary N) is 1. The van der Waals surface area contributed by atoms with E-state index in [1.165, 1.54) is 36.7 Å². The van der Waals surface area contributed by atoms with E-state index in [-0.39, 0.29) is 10.8 Å². The molecule has 0 aliphatic carbocycles. The number of rotatable bonds is 4. The molecule has 0 saturated carbocycles. The zero-order valence-electron chi connectivity index (χ0n) is 36.7. The van der Waals surface area contributed by atoms with E-state index in [1.54, 1.807) is 0 Å². The Hall–Kier alpha value is -7.02. The smallest absolute Gasteiger partial charge is 0.198 e. The van der Waals surface area contributed by atoms with E-state index in [0.717, 1.165) is 99.6 Å². The molecule has 8 aromatic carbocycles. The molecule has 0 saturated heterocycles. The Balaban J connectivity index is 1.19. The van der Waals surface area contributed by atoms with Crippen molar-refractivity contribution in [2.24, 2.45) is 0 Å². The summed E-state index contributed by atoms with van der Waals surface area (Å²) in [5.41, 5.74) is 17.5. The molecule has 0 bridgehead atoms. The van der Waals surface area contributed by atoms with Crippen LogP contribution in [0.15, 0.2) is 161 Å². The molecule has 307 valence electrons. The van der Waals surface area contributed by atoms with Crippen LogP contribution in [0, 0.1) is 0 Å². The fraction of sp³-hybridized carbons (Fsp3) is 0.138. The average molecular weight is 844 g/mol. The molecule has 0 amide bonds. The molecule has 0 spiro atoms. The van der Waals surface area contributed by atoms with Crippen LogP contribution in [0.5, 0.6) is 0 Å². The predicted molar refractivity (Wildman–Crippen MR) is 274 cm³/mol. The van der Waals surface area contributed by atoms with Gasteiger partial charge < -0.3 is 18.7 Å². The van der Waals surface area contributed by atoms with E-state index in [4.69, 9.17) is 8.83 Å².